The molecule has 4 heteroatoms. The van der Waals surface area contributed by atoms with Gasteiger partial charge in [-0.2, -0.15) is 30.3 Å². The van der Waals surface area contributed by atoms with Crippen LogP contribution in [0.15, 0.2) is 24.3 Å². The van der Waals surface area contributed by atoms with Crippen LogP contribution in [-0.4, -0.2) is 13.3 Å². The number of ether oxygens (including phenoxy) is 1. The standard InChI is InChI=1S/C9H10FO.BrH.Zn/c10-6-7-11-8-9-4-2-1-3-5-9;;/h1-2,4-5H,6-8H2;1H;/q-1;;+2/p-1. The van der Waals surface area contributed by atoms with Crippen molar-refractivity contribution in [2.45, 2.75) is 6.61 Å². The van der Waals surface area contributed by atoms with E-state index in [9.17, 15) is 4.39 Å². The molecule has 0 N–H and O–H groups in total. The van der Waals surface area contributed by atoms with Gasteiger partial charge in [0.25, 0.3) is 0 Å². The van der Waals surface area contributed by atoms with Crippen molar-refractivity contribution in [1.29, 1.82) is 0 Å². The normalized spacial score (nSPS) is 8.92. The van der Waals surface area contributed by atoms with Crippen LogP contribution in [0.2, 0.25) is 0 Å². The van der Waals surface area contributed by atoms with E-state index in [1.807, 2.05) is 24.3 Å². The summed E-state index contributed by atoms with van der Waals surface area (Å²) in [6.07, 6.45) is 0. The number of alkyl halides is 1. The summed E-state index contributed by atoms with van der Waals surface area (Å²) < 4.78 is 16.5. The summed E-state index contributed by atoms with van der Waals surface area (Å²) in [4.78, 5) is 0. The van der Waals surface area contributed by atoms with Crippen molar-refractivity contribution in [3.63, 3.8) is 0 Å². The first-order valence-electron chi connectivity index (χ1n) is 3.79. The predicted octanol–water partition coefficient (Wildman–Crippen LogP) is 2.82. The van der Waals surface area contributed by atoms with Crippen LogP contribution < -0.4 is 0 Å². The fourth-order valence-corrected chi connectivity index (χ4v) is 0.765. The second-order valence-corrected chi connectivity index (χ2v) is 2.15. The van der Waals surface area contributed by atoms with Crippen LogP contribution in [0.1, 0.15) is 5.56 Å². The molecule has 0 aliphatic carbocycles. The number of hydrogen-bond acceptors (Lipinski definition) is 1. The maximum absolute atomic E-state index is 11.6. The first kappa shape index (κ1) is 13.2. The van der Waals surface area contributed by atoms with E-state index in [1.54, 1.807) is 0 Å². The van der Waals surface area contributed by atoms with Crippen molar-refractivity contribution in [2.75, 3.05) is 13.3 Å². The van der Waals surface area contributed by atoms with Gasteiger partial charge in [-0.3, -0.25) is 0 Å². The Morgan fingerprint density at radius 1 is 1.54 bits per heavy atom. The first-order valence-corrected chi connectivity index (χ1v) is 10.7. The van der Waals surface area contributed by atoms with E-state index in [0.717, 1.165) is 5.56 Å². The van der Waals surface area contributed by atoms with E-state index < -0.39 is 6.67 Å². The summed E-state index contributed by atoms with van der Waals surface area (Å²) in [6.45, 7) is 0.229. The third kappa shape index (κ3) is 7.30. The van der Waals surface area contributed by atoms with Gasteiger partial charge in [-0.25, -0.2) is 4.39 Å². The Hall–Kier alpha value is 0.213. The summed E-state index contributed by atoms with van der Waals surface area (Å²) in [5, 5.41) is 0. The minimum atomic E-state index is -0.420. The molecule has 0 unspecified atom stereocenters. The first-order chi connectivity index (χ1) is 6.43. The topological polar surface area (TPSA) is 9.23 Å². The predicted molar refractivity (Wildman–Crippen MR) is 49.8 cm³/mol. The molecular formula is C9H10BrFOZn. The van der Waals surface area contributed by atoms with Crippen molar-refractivity contribution >= 4 is 13.6 Å². The Morgan fingerprint density at radius 2 is 2.31 bits per heavy atom. The molecule has 1 nitrogen and oxygen atoms in total. The molecule has 0 amide bonds. The average molecular weight is 298 g/mol. The van der Waals surface area contributed by atoms with Crippen molar-refractivity contribution in [1.82, 2.24) is 0 Å². The fourth-order valence-electron chi connectivity index (χ4n) is 0.765. The Morgan fingerprint density at radius 3 is 2.85 bits per heavy atom. The van der Waals surface area contributed by atoms with Gasteiger partial charge < -0.3 is 4.74 Å². The van der Waals surface area contributed by atoms with E-state index in [2.05, 4.69) is 19.7 Å². The van der Waals surface area contributed by atoms with Crippen molar-refractivity contribution in [2.24, 2.45) is 0 Å². The molecule has 0 spiro atoms. The van der Waals surface area contributed by atoms with E-state index in [-0.39, 0.29) is 6.61 Å². The van der Waals surface area contributed by atoms with Gasteiger partial charge >= 0.3 is 30.0 Å². The molecule has 0 aromatic heterocycles. The van der Waals surface area contributed by atoms with Crippen LogP contribution >= 0.6 is 13.6 Å². The van der Waals surface area contributed by atoms with Gasteiger partial charge in [0, 0.05) is 6.61 Å². The molecule has 13 heavy (non-hydrogen) atoms. The van der Waals surface area contributed by atoms with Crippen LogP contribution in [0.4, 0.5) is 4.39 Å². The molecule has 0 bridgehead atoms. The molecule has 0 aliphatic heterocycles. The minimum absolute atomic E-state index is 0.175. The number of benzene rings is 1. The molecule has 0 atom stereocenters. The quantitative estimate of drug-likeness (QED) is 0.472. The van der Waals surface area contributed by atoms with Crippen LogP contribution in [0.25, 0.3) is 0 Å². The summed E-state index contributed by atoms with van der Waals surface area (Å²) in [7, 11) is 0. The zero-order valence-electron chi connectivity index (χ0n) is 7.30. The fraction of sp³-hybridized carbons (Fsp3) is 0.333. The Balaban J connectivity index is 0.000000671. The monoisotopic (exact) mass is 296 g/mol. The van der Waals surface area contributed by atoms with Crippen molar-refractivity contribution in [3.05, 3.63) is 35.9 Å². The van der Waals surface area contributed by atoms with Crippen LogP contribution in [0.5, 0.6) is 0 Å². The molecule has 68 valence electrons. The van der Waals surface area contributed by atoms with E-state index in [0.29, 0.717) is 6.61 Å². The van der Waals surface area contributed by atoms with Crippen LogP contribution in [0.3, 0.4) is 0 Å². The van der Waals surface area contributed by atoms with Crippen molar-refractivity contribution < 1.29 is 25.5 Å². The molecule has 0 fully saturated rings. The van der Waals surface area contributed by atoms with Gasteiger partial charge in [0.2, 0.25) is 0 Å². The van der Waals surface area contributed by atoms with Gasteiger partial charge in [-0.1, -0.05) is 0 Å². The maximum atomic E-state index is 11.6. The number of rotatable bonds is 4. The van der Waals surface area contributed by atoms with E-state index in [1.165, 1.54) is 16.3 Å². The second kappa shape index (κ2) is 10.3. The Kier molecular flexibility index (Phi) is 10.5. The Labute approximate surface area is 94.7 Å². The summed E-state index contributed by atoms with van der Waals surface area (Å²) in [5.41, 5.74) is 1.03. The van der Waals surface area contributed by atoms with Crippen molar-refractivity contribution in [3.8, 4) is 0 Å². The molecule has 1 aromatic rings. The van der Waals surface area contributed by atoms with Gasteiger partial charge in [-0.05, 0) is 0 Å². The van der Waals surface area contributed by atoms with E-state index >= 15 is 0 Å². The molecule has 1 aromatic carbocycles. The number of halogens is 2. The molecule has 0 saturated heterocycles. The molecule has 0 aliphatic rings. The average Bonchev–Trinajstić information content (AvgIpc) is 2.23. The third-order valence-corrected chi connectivity index (χ3v) is 1.26. The molecule has 0 heterocycles. The van der Waals surface area contributed by atoms with E-state index in [4.69, 9.17) is 4.74 Å². The third-order valence-electron chi connectivity index (χ3n) is 1.26. The SMILES string of the molecule is FCCOCc1c[c-]ccc1.[Zn+][Br]. The molecule has 1 rings (SSSR count). The van der Waals surface area contributed by atoms with Gasteiger partial charge in [-0.15, -0.1) is 5.56 Å². The Bertz CT molecular complexity index is 196. The zero-order chi connectivity index (χ0) is 9.94. The molecular weight excluding hydrogens is 288 g/mol. The summed E-state index contributed by atoms with van der Waals surface area (Å²) in [6, 6.07) is 10.4. The molecule has 0 radical (unpaired) electrons. The zero-order valence-corrected chi connectivity index (χ0v) is 11.9. The summed E-state index contributed by atoms with van der Waals surface area (Å²) in [5.74, 6) is 0. The van der Waals surface area contributed by atoms with Gasteiger partial charge in [0.1, 0.15) is 6.67 Å². The number of hydrogen-bond donors (Lipinski definition) is 0. The van der Waals surface area contributed by atoms with Crippen LogP contribution in [0, 0.1) is 6.07 Å². The van der Waals surface area contributed by atoms with Crippen LogP contribution in [-0.2, 0) is 27.7 Å². The van der Waals surface area contributed by atoms with Gasteiger partial charge in [0.05, 0.1) is 6.61 Å². The van der Waals surface area contributed by atoms with Gasteiger partial charge in [0.15, 0.2) is 0 Å². The summed E-state index contributed by atoms with van der Waals surface area (Å²) >= 11 is 4.25. The second-order valence-electron chi connectivity index (χ2n) is 2.15. The molecule has 0 saturated carbocycles.